The van der Waals surface area contributed by atoms with Gasteiger partial charge in [-0.05, 0) is 43.1 Å². The summed E-state index contributed by atoms with van der Waals surface area (Å²) in [5.41, 5.74) is 7.81. The largest absolute Gasteiger partial charge is 0.330 e. The summed E-state index contributed by atoms with van der Waals surface area (Å²) < 4.78 is 0. The summed E-state index contributed by atoms with van der Waals surface area (Å²) in [6, 6.07) is 15.1. The second-order valence-electron chi connectivity index (χ2n) is 6.76. The Morgan fingerprint density at radius 2 is 1.96 bits per heavy atom. The third-order valence-electron chi connectivity index (χ3n) is 5.11. The molecule has 1 heterocycles. The van der Waals surface area contributed by atoms with Crippen LogP contribution in [0.1, 0.15) is 18.4 Å². The van der Waals surface area contributed by atoms with Crippen molar-refractivity contribution in [3.8, 4) is 0 Å². The molecule has 1 aliphatic heterocycles. The van der Waals surface area contributed by atoms with Gasteiger partial charge in [-0.3, -0.25) is 9.69 Å². The van der Waals surface area contributed by atoms with Crippen LogP contribution >= 0.6 is 23.2 Å². The molecule has 2 aromatic carbocycles. The van der Waals surface area contributed by atoms with E-state index in [9.17, 15) is 4.79 Å². The highest BCUT2D eigenvalue weighted by atomic mass is 35.5. The summed E-state index contributed by atoms with van der Waals surface area (Å²) >= 11 is 12.1. The van der Waals surface area contributed by atoms with Crippen LogP contribution in [0.15, 0.2) is 48.5 Å². The SMILES string of the molecule is CC(C(=O)Nc1cc(Cl)ccc1Cl)N1C[C@@H](CN)[C@H](c2ccccc2)C1. The van der Waals surface area contributed by atoms with Gasteiger partial charge in [-0.1, -0.05) is 53.5 Å². The minimum atomic E-state index is -0.284. The maximum Gasteiger partial charge on any atom is 0.241 e. The molecule has 4 nitrogen and oxygen atoms in total. The van der Waals surface area contributed by atoms with Gasteiger partial charge in [-0.2, -0.15) is 0 Å². The second-order valence-corrected chi connectivity index (χ2v) is 7.60. The molecule has 1 aliphatic rings. The van der Waals surface area contributed by atoms with Crippen LogP contribution in [0.2, 0.25) is 10.0 Å². The molecule has 138 valence electrons. The number of nitrogens with one attached hydrogen (secondary N) is 1. The Balaban J connectivity index is 1.70. The molecule has 3 rings (SSSR count). The first kappa shape index (κ1) is 19.2. The van der Waals surface area contributed by atoms with Gasteiger partial charge in [0.05, 0.1) is 16.8 Å². The lowest BCUT2D eigenvalue weighted by Crippen LogP contribution is -2.41. The van der Waals surface area contributed by atoms with E-state index in [1.807, 2.05) is 25.1 Å². The van der Waals surface area contributed by atoms with Crippen molar-refractivity contribution < 1.29 is 4.79 Å². The molecule has 1 saturated heterocycles. The fraction of sp³-hybridized carbons (Fsp3) is 0.350. The van der Waals surface area contributed by atoms with Crippen LogP contribution in [0.3, 0.4) is 0 Å². The van der Waals surface area contributed by atoms with Crippen LogP contribution in [0.5, 0.6) is 0 Å². The van der Waals surface area contributed by atoms with Crippen LogP contribution < -0.4 is 11.1 Å². The van der Waals surface area contributed by atoms with Gasteiger partial charge in [0.25, 0.3) is 0 Å². The van der Waals surface area contributed by atoms with E-state index < -0.39 is 0 Å². The quantitative estimate of drug-likeness (QED) is 0.809. The highest BCUT2D eigenvalue weighted by Gasteiger charge is 2.36. The Labute approximate surface area is 164 Å². The second kappa shape index (κ2) is 8.40. The standard InChI is InChI=1S/C20H23Cl2N3O/c1-13(20(26)24-19-9-16(21)7-8-18(19)22)25-11-15(10-23)17(12-25)14-5-3-2-4-6-14/h2-9,13,15,17H,10-12,23H2,1H3,(H,24,26)/t13?,15-,17+/m1/s1. The summed E-state index contributed by atoms with van der Waals surface area (Å²) in [5.74, 6) is 0.576. The molecule has 6 heteroatoms. The molecule has 26 heavy (non-hydrogen) atoms. The minimum Gasteiger partial charge on any atom is -0.330 e. The number of halogens is 2. The first-order valence-corrected chi connectivity index (χ1v) is 9.50. The lowest BCUT2D eigenvalue weighted by atomic mass is 9.89. The zero-order chi connectivity index (χ0) is 18.7. The van der Waals surface area contributed by atoms with Crippen molar-refractivity contribution in [1.82, 2.24) is 4.90 Å². The number of anilines is 1. The van der Waals surface area contributed by atoms with Crippen LogP contribution in [0.4, 0.5) is 5.69 Å². The van der Waals surface area contributed by atoms with Gasteiger partial charge in [0.2, 0.25) is 5.91 Å². The minimum absolute atomic E-state index is 0.0985. The summed E-state index contributed by atoms with van der Waals surface area (Å²) in [5, 5.41) is 3.89. The fourth-order valence-electron chi connectivity index (χ4n) is 3.53. The van der Waals surface area contributed by atoms with Gasteiger partial charge < -0.3 is 11.1 Å². The maximum absolute atomic E-state index is 12.7. The average molecular weight is 392 g/mol. The van der Waals surface area contributed by atoms with Gasteiger partial charge in [0.1, 0.15) is 0 Å². The molecule has 0 radical (unpaired) electrons. The van der Waals surface area contributed by atoms with E-state index in [0.29, 0.717) is 34.1 Å². The number of benzene rings is 2. The van der Waals surface area contributed by atoms with Crippen LogP contribution in [-0.4, -0.2) is 36.5 Å². The normalized spacial score (nSPS) is 21.5. The molecule has 3 N–H and O–H groups in total. The molecule has 1 fully saturated rings. The van der Waals surface area contributed by atoms with E-state index in [-0.39, 0.29) is 11.9 Å². The molecule has 0 spiro atoms. The molecule has 0 bridgehead atoms. The van der Waals surface area contributed by atoms with E-state index >= 15 is 0 Å². The number of hydrogen-bond acceptors (Lipinski definition) is 3. The first-order chi connectivity index (χ1) is 12.5. The van der Waals surface area contributed by atoms with Crippen molar-refractivity contribution in [2.75, 3.05) is 25.0 Å². The third-order valence-corrected chi connectivity index (χ3v) is 5.68. The highest BCUT2D eigenvalue weighted by molar-refractivity contribution is 6.35. The first-order valence-electron chi connectivity index (χ1n) is 8.74. The summed E-state index contributed by atoms with van der Waals surface area (Å²) in [7, 11) is 0. The number of carbonyl (C=O) groups excluding carboxylic acids is 1. The monoisotopic (exact) mass is 391 g/mol. The van der Waals surface area contributed by atoms with Crippen molar-refractivity contribution in [3.63, 3.8) is 0 Å². The summed E-state index contributed by atoms with van der Waals surface area (Å²) in [6.07, 6.45) is 0. The van der Waals surface area contributed by atoms with Gasteiger partial charge in [-0.25, -0.2) is 0 Å². The zero-order valence-electron chi connectivity index (χ0n) is 14.7. The van der Waals surface area contributed by atoms with Gasteiger partial charge in [0, 0.05) is 24.0 Å². The number of hydrogen-bond donors (Lipinski definition) is 2. The smallest absolute Gasteiger partial charge is 0.241 e. The number of nitrogens with two attached hydrogens (primary N) is 1. The molecule has 1 amide bonds. The van der Waals surface area contributed by atoms with Crippen LogP contribution in [-0.2, 0) is 4.79 Å². The van der Waals surface area contributed by atoms with Crippen molar-refractivity contribution in [1.29, 1.82) is 0 Å². The summed E-state index contributed by atoms with van der Waals surface area (Å²) in [6.45, 7) is 4.12. The van der Waals surface area contributed by atoms with Crippen molar-refractivity contribution in [2.45, 2.75) is 18.9 Å². The van der Waals surface area contributed by atoms with E-state index in [0.717, 1.165) is 13.1 Å². The number of carbonyl (C=O) groups is 1. The van der Waals surface area contributed by atoms with E-state index in [2.05, 4.69) is 22.3 Å². The van der Waals surface area contributed by atoms with Crippen molar-refractivity contribution in [2.24, 2.45) is 11.7 Å². The number of likely N-dealkylation sites (tertiary alicyclic amines) is 1. The third kappa shape index (κ3) is 4.21. The molecular weight excluding hydrogens is 369 g/mol. The Kier molecular flexibility index (Phi) is 6.20. The predicted molar refractivity (Wildman–Crippen MR) is 108 cm³/mol. The summed E-state index contributed by atoms with van der Waals surface area (Å²) in [4.78, 5) is 14.9. The van der Waals surface area contributed by atoms with E-state index in [1.54, 1.807) is 18.2 Å². The van der Waals surface area contributed by atoms with Gasteiger partial charge >= 0.3 is 0 Å². The van der Waals surface area contributed by atoms with Gasteiger partial charge in [0.15, 0.2) is 0 Å². The van der Waals surface area contributed by atoms with E-state index in [1.165, 1.54) is 5.56 Å². The topological polar surface area (TPSA) is 58.4 Å². The molecule has 3 atom stereocenters. The van der Waals surface area contributed by atoms with Crippen molar-refractivity contribution in [3.05, 3.63) is 64.1 Å². The van der Waals surface area contributed by atoms with E-state index in [4.69, 9.17) is 28.9 Å². The lowest BCUT2D eigenvalue weighted by molar-refractivity contribution is -0.120. The Bertz CT molecular complexity index is 769. The zero-order valence-corrected chi connectivity index (χ0v) is 16.2. The van der Waals surface area contributed by atoms with Crippen LogP contribution in [0, 0.1) is 5.92 Å². The highest BCUT2D eigenvalue weighted by Crippen LogP contribution is 2.33. The van der Waals surface area contributed by atoms with Gasteiger partial charge in [-0.15, -0.1) is 0 Å². The average Bonchev–Trinajstić information content (AvgIpc) is 3.09. The Hall–Kier alpha value is -1.59. The Morgan fingerprint density at radius 3 is 2.65 bits per heavy atom. The Morgan fingerprint density at radius 1 is 1.23 bits per heavy atom. The molecule has 1 unspecified atom stereocenters. The fourth-order valence-corrected chi connectivity index (χ4v) is 3.87. The molecule has 0 aromatic heterocycles. The number of rotatable bonds is 5. The molecule has 2 aromatic rings. The van der Waals surface area contributed by atoms with Crippen molar-refractivity contribution >= 4 is 34.8 Å². The molecule has 0 saturated carbocycles. The molecule has 0 aliphatic carbocycles. The molecular formula is C20H23Cl2N3O. The van der Waals surface area contributed by atoms with Crippen LogP contribution in [0.25, 0.3) is 0 Å². The number of amides is 1. The predicted octanol–water partition coefficient (Wildman–Crippen LogP) is 3.99. The number of nitrogens with zero attached hydrogens (tertiary/aromatic N) is 1. The maximum atomic E-state index is 12.7. The lowest BCUT2D eigenvalue weighted by Gasteiger charge is -2.24.